The van der Waals surface area contributed by atoms with Crippen molar-refractivity contribution in [2.75, 3.05) is 13.7 Å². The van der Waals surface area contributed by atoms with Gasteiger partial charge >= 0.3 is 5.97 Å². The Balaban J connectivity index is 2.03. The molecule has 22 heavy (non-hydrogen) atoms. The van der Waals surface area contributed by atoms with Gasteiger partial charge in [-0.15, -0.1) is 0 Å². The van der Waals surface area contributed by atoms with E-state index in [1.54, 1.807) is 0 Å². The second-order valence-electron chi connectivity index (χ2n) is 5.23. The van der Waals surface area contributed by atoms with Gasteiger partial charge in [-0.2, -0.15) is 5.10 Å². The summed E-state index contributed by atoms with van der Waals surface area (Å²) in [7, 11) is 1.36. The number of ether oxygens (including phenoxy) is 2. The van der Waals surface area contributed by atoms with Crippen molar-refractivity contribution in [1.29, 1.82) is 0 Å². The molecule has 6 heteroatoms. The second-order valence-corrected chi connectivity index (χ2v) is 5.23. The molecule has 116 valence electrons. The number of aryl methyl sites for hydroxylation is 1. The number of esters is 1. The largest absolute Gasteiger partial charge is 0.473 e. The van der Waals surface area contributed by atoms with Crippen molar-refractivity contribution in [3.05, 3.63) is 30.0 Å². The molecule has 0 amide bonds. The van der Waals surface area contributed by atoms with Crippen LogP contribution in [-0.4, -0.2) is 41.4 Å². The smallest absolute Gasteiger partial charge is 0.334 e. The Morgan fingerprint density at radius 2 is 2.27 bits per heavy atom. The predicted molar refractivity (Wildman–Crippen MR) is 82.9 cm³/mol. The summed E-state index contributed by atoms with van der Waals surface area (Å²) in [5, 5.41) is 5.61. The van der Waals surface area contributed by atoms with Gasteiger partial charge in [0.05, 0.1) is 12.6 Å². The number of rotatable bonds is 5. The lowest BCUT2D eigenvalue weighted by molar-refractivity contribution is -0.142. The van der Waals surface area contributed by atoms with Crippen molar-refractivity contribution in [1.82, 2.24) is 9.78 Å². The van der Waals surface area contributed by atoms with Crippen molar-refractivity contribution in [2.45, 2.75) is 32.4 Å². The number of fused-ring (bicyclic) bond motifs is 1. The van der Waals surface area contributed by atoms with Gasteiger partial charge in [-0.1, -0.05) is 31.5 Å². The van der Waals surface area contributed by atoms with E-state index in [0.29, 0.717) is 5.90 Å². The molecule has 1 aromatic heterocycles. The summed E-state index contributed by atoms with van der Waals surface area (Å²) >= 11 is 0. The van der Waals surface area contributed by atoms with Crippen LogP contribution in [0.1, 0.15) is 25.5 Å². The highest BCUT2D eigenvalue weighted by molar-refractivity contribution is 6.06. The molecule has 3 rings (SSSR count). The number of carbonyl (C=O) groups is 1. The first-order chi connectivity index (χ1) is 10.7. The fraction of sp³-hybridized carbons (Fsp3) is 0.438. The summed E-state index contributed by atoms with van der Waals surface area (Å²) in [6.07, 6.45) is 2.10. The highest BCUT2D eigenvalue weighted by Crippen LogP contribution is 2.23. The van der Waals surface area contributed by atoms with Crippen LogP contribution in [-0.2, 0) is 20.8 Å². The molecule has 0 saturated carbocycles. The zero-order valence-corrected chi connectivity index (χ0v) is 12.8. The first-order valence-electron chi connectivity index (χ1n) is 7.49. The zero-order chi connectivity index (χ0) is 15.5. The number of aromatic nitrogens is 2. The number of hydrogen-bond donors (Lipinski definition) is 0. The van der Waals surface area contributed by atoms with Crippen molar-refractivity contribution < 1.29 is 14.3 Å². The molecule has 0 fully saturated rings. The first kappa shape index (κ1) is 14.6. The number of nitrogens with zero attached hydrogens (tertiary/aromatic N) is 3. The SMILES string of the molecule is CCCCn1nc2ccccc2c1C1=N[C@@H](C(=O)OC)CO1. The minimum atomic E-state index is -0.590. The number of unbranched alkanes of at least 4 members (excludes halogenated alkanes) is 1. The van der Waals surface area contributed by atoms with E-state index in [9.17, 15) is 4.79 Å². The molecule has 1 aliphatic rings. The molecule has 6 nitrogen and oxygen atoms in total. The first-order valence-corrected chi connectivity index (χ1v) is 7.49. The highest BCUT2D eigenvalue weighted by Gasteiger charge is 2.30. The summed E-state index contributed by atoms with van der Waals surface area (Å²) in [5.41, 5.74) is 1.75. The van der Waals surface area contributed by atoms with Crippen molar-refractivity contribution >= 4 is 22.8 Å². The van der Waals surface area contributed by atoms with Gasteiger partial charge in [-0.3, -0.25) is 4.68 Å². The van der Waals surface area contributed by atoms with Gasteiger partial charge in [0.1, 0.15) is 12.3 Å². The minimum Gasteiger partial charge on any atom is -0.473 e. The molecular formula is C16H19N3O3. The Morgan fingerprint density at radius 3 is 3.05 bits per heavy atom. The summed E-state index contributed by atoms with van der Waals surface area (Å²) in [5.74, 6) is 0.0964. The van der Waals surface area contributed by atoms with Crippen LogP contribution in [0.15, 0.2) is 29.3 Å². The van der Waals surface area contributed by atoms with Crippen LogP contribution in [0.25, 0.3) is 10.9 Å². The van der Waals surface area contributed by atoms with Gasteiger partial charge < -0.3 is 9.47 Å². The predicted octanol–water partition coefficient (Wildman–Crippen LogP) is 2.15. The third kappa shape index (κ3) is 2.56. The number of methoxy groups -OCH3 is 1. The highest BCUT2D eigenvalue weighted by atomic mass is 16.5. The fourth-order valence-corrected chi connectivity index (χ4v) is 2.54. The fourth-order valence-electron chi connectivity index (χ4n) is 2.54. The quantitative estimate of drug-likeness (QED) is 0.794. The maximum atomic E-state index is 11.6. The normalized spacial score (nSPS) is 17.4. The Kier molecular flexibility index (Phi) is 4.09. The zero-order valence-electron chi connectivity index (χ0n) is 12.8. The molecule has 0 unspecified atom stereocenters. The maximum absolute atomic E-state index is 11.6. The third-order valence-electron chi connectivity index (χ3n) is 3.70. The molecule has 1 aromatic carbocycles. The topological polar surface area (TPSA) is 65.7 Å². The van der Waals surface area contributed by atoms with E-state index in [-0.39, 0.29) is 12.6 Å². The van der Waals surface area contributed by atoms with Gasteiger partial charge in [-0.05, 0) is 12.5 Å². The molecule has 0 aliphatic carbocycles. The van der Waals surface area contributed by atoms with Gasteiger partial charge in [-0.25, -0.2) is 9.79 Å². The second kappa shape index (κ2) is 6.17. The van der Waals surface area contributed by atoms with Crippen LogP contribution in [0.4, 0.5) is 0 Å². The van der Waals surface area contributed by atoms with E-state index in [1.165, 1.54) is 7.11 Å². The molecule has 1 atom stereocenters. The van der Waals surface area contributed by atoms with Gasteiger partial charge in [0.25, 0.3) is 0 Å². The summed E-state index contributed by atoms with van der Waals surface area (Å²) in [6.45, 7) is 3.15. The Bertz CT molecular complexity index is 720. The number of carbonyl (C=O) groups excluding carboxylic acids is 1. The van der Waals surface area contributed by atoms with Crippen LogP contribution in [0.3, 0.4) is 0 Å². The van der Waals surface area contributed by atoms with Gasteiger partial charge in [0.15, 0.2) is 6.04 Å². The van der Waals surface area contributed by atoms with Crippen LogP contribution in [0.2, 0.25) is 0 Å². The minimum absolute atomic E-state index is 0.218. The van der Waals surface area contributed by atoms with Crippen LogP contribution in [0.5, 0.6) is 0 Å². The van der Waals surface area contributed by atoms with Crippen LogP contribution >= 0.6 is 0 Å². The molecular weight excluding hydrogens is 282 g/mol. The Morgan fingerprint density at radius 1 is 1.45 bits per heavy atom. The molecule has 2 heterocycles. The maximum Gasteiger partial charge on any atom is 0.334 e. The summed E-state index contributed by atoms with van der Waals surface area (Å²) in [6, 6.07) is 7.29. The van der Waals surface area contributed by atoms with Crippen LogP contribution < -0.4 is 0 Å². The summed E-state index contributed by atoms with van der Waals surface area (Å²) in [4.78, 5) is 16.0. The molecule has 0 radical (unpaired) electrons. The average molecular weight is 301 g/mol. The lowest BCUT2D eigenvalue weighted by Crippen LogP contribution is -2.21. The lowest BCUT2D eigenvalue weighted by atomic mass is 10.2. The third-order valence-corrected chi connectivity index (χ3v) is 3.70. The lowest BCUT2D eigenvalue weighted by Gasteiger charge is -2.06. The Labute approximate surface area is 128 Å². The van der Waals surface area contributed by atoms with Gasteiger partial charge in [0, 0.05) is 11.9 Å². The van der Waals surface area contributed by atoms with E-state index in [2.05, 4.69) is 17.0 Å². The van der Waals surface area contributed by atoms with Crippen molar-refractivity contribution in [2.24, 2.45) is 4.99 Å². The average Bonchev–Trinajstić information content (AvgIpc) is 3.15. The number of aliphatic imine (C=N–C) groups is 1. The van der Waals surface area contributed by atoms with Crippen molar-refractivity contribution in [3.63, 3.8) is 0 Å². The van der Waals surface area contributed by atoms with Gasteiger partial charge in [0.2, 0.25) is 5.90 Å². The molecule has 0 N–H and O–H groups in total. The monoisotopic (exact) mass is 301 g/mol. The van der Waals surface area contributed by atoms with E-state index in [1.807, 2.05) is 28.9 Å². The van der Waals surface area contributed by atoms with E-state index >= 15 is 0 Å². The van der Waals surface area contributed by atoms with E-state index in [0.717, 1.165) is 36.0 Å². The summed E-state index contributed by atoms with van der Waals surface area (Å²) < 4.78 is 12.3. The van der Waals surface area contributed by atoms with E-state index in [4.69, 9.17) is 9.47 Å². The molecule has 0 spiro atoms. The standard InChI is InChI=1S/C16H19N3O3/c1-3-4-9-19-14(11-7-5-6-8-12(11)18-19)15-17-13(10-22-15)16(20)21-2/h5-8,13H,3-4,9-10H2,1-2H3/t13-/m1/s1. The molecule has 0 bridgehead atoms. The van der Waals surface area contributed by atoms with Crippen LogP contribution in [0, 0.1) is 0 Å². The molecule has 2 aromatic rings. The molecule has 0 saturated heterocycles. The number of hydrogen-bond acceptors (Lipinski definition) is 5. The number of benzene rings is 1. The van der Waals surface area contributed by atoms with E-state index < -0.39 is 6.04 Å². The van der Waals surface area contributed by atoms with Crippen molar-refractivity contribution in [3.8, 4) is 0 Å². The Hall–Kier alpha value is -2.37. The molecule has 1 aliphatic heterocycles.